The molecule has 2 aliphatic rings. The van der Waals surface area contributed by atoms with Crippen molar-refractivity contribution in [2.24, 2.45) is 11.8 Å². The summed E-state index contributed by atoms with van der Waals surface area (Å²) in [6, 6.07) is 10.6. The van der Waals surface area contributed by atoms with Crippen LogP contribution in [-0.2, 0) is 4.79 Å². The topological polar surface area (TPSA) is 29.1 Å². The van der Waals surface area contributed by atoms with Crippen molar-refractivity contribution in [2.45, 2.75) is 48.8 Å². The Bertz CT molecular complexity index is 447. The lowest BCUT2D eigenvalue weighted by Crippen LogP contribution is -2.42. The lowest BCUT2D eigenvalue weighted by Gasteiger charge is -2.24. The molecule has 0 aliphatic heterocycles. The molecule has 0 radical (unpaired) electrons. The summed E-state index contributed by atoms with van der Waals surface area (Å²) in [6.45, 7) is 2.00. The Kier molecular flexibility index (Phi) is 3.83. The van der Waals surface area contributed by atoms with E-state index in [0.717, 1.165) is 16.7 Å². The van der Waals surface area contributed by atoms with Crippen molar-refractivity contribution in [2.75, 3.05) is 0 Å². The summed E-state index contributed by atoms with van der Waals surface area (Å²) in [4.78, 5) is 13.4. The first-order valence-electron chi connectivity index (χ1n) is 7.24. The van der Waals surface area contributed by atoms with E-state index in [1.54, 1.807) is 11.8 Å². The maximum atomic E-state index is 12.2. The lowest BCUT2D eigenvalue weighted by atomic mass is 9.95. The van der Waals surface area contributed by atoms with Gasteiger partial charge in [0.05, 0.1) is 5.25 Å². The minimum absolute atomic E-state index is 0.0125. The first kappa shape index (κ1) is 13.0. The summed E-state index contributed by atoms with van der Waals surface area (Å²) in [5.74, 6) is 1.83. The fraction of sp³-hybridized carbons (Fsp3) is 0.562. The monoisotopic (exact) mass is 275 g/mol. The van der Waals surface area contributed by atoms with Crippen LogP contribution in [0.1, 0.15) is 32.6 Å². The van der Waals surface area contributed by atoms with Crippen LogP contribution in [0.4, 0.5) is 0 Å². The zero-order valence-electron chi connectivity index (χ0n) is 11.3. The van der Waals surface area contributed by atoms with Gasteiger partial charge in [0.2, 0.25) is 5.91 Å². The van der Waals surface area contributed by atoms with E-state index in [-0.39, 0.29) is 11.2 Å². The second-order valence-corrected chi connectivity index (χ2v) is 7.28. The number of carbonyl (C=O) groups excluding carboxylic acids is 1. The zero-order chi connectivity index (χ0) is 13.2. The van der Waals surface area contributed by atoms with Gasteiger partial charge < -0.3 is 5.32 Å². The Morgan fingerprint density at radius 1 is 1.26 bits per heavy atom. The van der Waals surface area contributed by atoms with Gasteiger partial charge in [-0.05, 0) is 50.2 Å². The van der Waals surface area contributed by atoms with Crippen LogP contribution >= 0.6 is 11.8 Å². The molecule has 0 aromatic heterocycles. The molecule has 102 valence electrons. The Labute approximate surface area is 119 Å². The number of fused-ring (bicyclic) bond motifs is 2. The highest BCUT2D eigenvalue weighted by Crippen LogP contribution is 2.44. The first-order valence-corrected chi connectivity index (χ1v) is 8.12. The molecule has 2 bridgehead atoms. The van der Waals surface area contributed by atoms with Crippen molar-refractivity contribution in [3.63, 3.8) is 0 Å². The van der Waals surface area contributed by atoms with Crippen LogP contribution in [-0.4, -0.2) is 17.2 Å². The maximum absolute atomic E-state index is 12.2. The molecule has 19 heavy (non-hydrogen) atoms. The largest absolute Gasteiger partial charge is 0.352 e. The molecule has 2 fully saturated rings. The van der Waals surface area contributed by atoms with Gasteiger partial charge in [-0.25, -0.2) is 0 Å². The van der Waals surface area contributed by atoms with Crippen LogP contribution in [0.25, 0.3) is 0 Å². The normalized spacial score (nSPS) is 30.3. The molecule has 0 saturated heterocycles. The maximum Gasteiger partial charge on any atom is 0.233 e. The SMILES string of the molecule is C[C@H](Sc1ccccc1)C(=O)N[C@H]1C[C@@H]2CC[C@H]1C2. The number of thioether (sulfide) groups is 1. The predicted octanol–water partition coefficient (Wildman–Crippen LogP) is 3.47. The molecular formula is C16H21NOS. The van der Waals surface area contributed by atoms with Crippen molar-refractivity contribution in [3.05, 3.63) is 30.3 Å². The number of rotatable bonds is 4. The van der Waals surface area contributed by atoms with E-state index < -0.39 is 0 Å². The highest BCUT2D eigenvalue weighted by Gasteiger charge is 2.40. The van der Waals surface area contributed by atoms with Gasteiger partial charge in [-0.1, -0.05) is 24.6 Å². The average molecular weight is 275 g/mol. The smallest absolute Gasteiger partial charge is 0.233 e. The summed E-state index contributed by atoms with van der Waals surface area (Å²) < 4.78 is 0. The lowest BCUT2D eigenvalue weighted by molar-refractivity contribution is -0.121. The summed E-state index contributed by atoms with van der Waals surface area (Å²) in [7, 11) is 0. The number of amides is 1. The predicted molar refractivity (Wildman–Crippen MR) is 79.1 cm³/mol. The first-order chi connectivity index (χ1) is 9.22. The number of benzene rings is 1. The van der Waals surface area contributed by atoms with Crippen LogP contribution in [0.15, 0.2) is 35.2 Å². The van der Waals surface area contributed by atoms with Crippen molar-refractivity contribution in [3.8, 4) is 0 Å². The molecule has 0 heterocycles. The summed E-state index contributed by atoms with van der Waals surface area (Å²) in [5, 5.41) is 3.26. The van der Waals surface area contributed by atoms with Crippen LogP contribution in [0.2, 0.25) is 0 Å². The fourth-order valence-corrected chi connectivity index (χ4v) is 4.38. The standard InChI is InChI=1S/C16H21NOS/c1-11(19-14-5-3-2-4-6-14)16(18)17-15-10-12-7-8-13(15)9-12/h2-6,11-13,15H,7-10H2,1H3,(H,17,18)/t11-,12+,13-,15-/m0/s1. The van der Waals surface area contributed by atoms with E-state index in [4.69, 9.17) is 0 Å². The average Bonchev–Trinajstić information content (AvgIpc) is 3.02. The van der Waals surface area contributed by atoms with E-state index in [1.165, 1.54) is 25.7 Å². The van der Waals surface area contributed by atoms with Gasteiger partial charge in [0.15, 0.2) is 0 Å². The van der Waals surface area contributed by atoms with Crippen LogP contribution in [0.3, 0.4) is 0 Å². The van der Waals surface area contributed by atoms with Crippen LogP contribution in [0, 0.1) is 11.8 Å². The van der Waals surface area contributed by atoms with E-state index >= 15 is 0 Å². The third-order valence-electron chi connectivity index (χ3n) is 4.49. The summed E-state index contributed by atoms with van der Waals surface area (Å²) in [5.41, 5.74) is 0. The number of hydrogen-bond donors (Lipinski definition) is 1. The quantitative estimate of drug-likeness (QED) is 0.852. The van der Waals surface area contributed by atoms with Crippen LogP contribution in [0.5, 0.6) is 0 Å². The van der Waals surface area contributed by atoms with Gasteiger partial charge in [-0.3, -0.25) is 4.79 Å². The second kappa shape index (κ2) is 5.58. The van der Waals surface area contributed by atoms with Gasteiger partial charge in [0.25, 0.3) is 0 Å². The van der Waals surface area contributed by atoms with Crippen molar-refractivity contribution < 1.29 is 4.79 Å². The van der Waals surface area contributed by atoms with Gasteiger partial charge in [-0.2, -0.15) is 0 Å². The zero-order valence-corrected chi connectivity index (χ0v) is 12.2. The minimum atomic E-state index is -0.0125. The molecule has 1 N–H and O–H groups in total. The van der Waals surface area contributed by atoms with Gasteiger partial charge in [0.1, 0.15) is 0 Å². The molecule has 1 aromatic rings. The molecule has 4 atom stereocenters. The van der Waals surface area contributed by atoms with E-state index in [9.17, 15) is 4.79 Å². The third kappa shape index (κ3) is 2.97. The highest BCUT2D eigenvalue weighted by molar-refractivity contribution is 8.00. The van der Waals surface area contributed by atoms with Crippen LogP contribution < -0.4 is 5.32 Å². The second-order valence-electron chi connectivity index (χ2n) is 5.86. The Hall–Kier alpha value is -0.960. The molecule has 3 rings (SSSR count). The van der Waals surface area contributed by atoms with Gasteiger partial charge in [-0.15, -0.1) is 11.8 Å². The van der Waals surface area contributed by atoms with Gasteiger partial charge >= 0.3 is 0 Å². The highest BCUT2D eigenvalue weighted by atomic mass is 32.2. The molecule has 0 unspecified atom stereocenters. The number of carbonyl (C=O) groups is 1. The molecule has 0 spiro atoms. The summed E-state index contributed by atoms with van der Waals surface area (Å²) in [6.07, 6.45) is 5.24. The molecule has 1 aromatic carbocycles. The van der Waals surface area contributed by atoms with E-state index in [1.807, 2.05) is 25.1 Å². The van der Waals surface area contributed by atoms with Gasteiger partial charge in [0, 0.05) is 10.9 Å². The van der Waals surface area contributed by atoms with Crippen molar-refractivity contribution >= 4 is 17.7 Å². The Balaban J connectivity index is 1.53. The minimum Gasteiger partial charge on any atom is -0.352 e. The molecule has 2 saturated carbocycles. The molecular weight excluding hydrogens is 254 g/mol. The third-order valence-corrected chi connectivity index (χ3v) is 5.60. The molecule has 3 heteroatoms. The summed E-state index contributed by atoms with van der Waals surface area (Å²) >= 11 is 1.64. The Morgan fingerprint density at radius 3 is 2.68 bits per heavy atom. The molecule has 2 aliphatic carbocycles. The van der Waals surface area contributed by atoms with E-state index in [0.29, 0.717) is 6.04 Å². The Morgan fingerprint density at radius 2 is 2.05 bits per heavy atom. The van der Waals surface area contributed by atoms with Crippen molar-refractivity contribution in [1.29, 1.82) is 0 Å². The molecule has 2 nitrogen and oxygen atoms in total. The number of nitrogens with one attached hydrogen (secondary N) is 1. The van der Waals surface area contributed by atoms with E-state index in [2.05, 4.69) is 17.4 Å². The number of hydrogen-bond acceptors (Lipinski definition) is 2. The fourth-order valence-electron chi connectivity index (χ4n) is 3.48. The van der Waals surface area contributed by atoms with Crippen molar-refractivity contribution in [1.82, 2.24) is 5.32 Å². The molecule has 1 amide bonds.